The van der Waals surface area contributed by atoms with E-state index in [9.17, 15) is 20.1 Å². The Morgan fingerprint density at radius 3 is 2.55 bits per heavy atom. The number of phenols is 1. The standard InChI is InChI=1S/C16H20O6/c1-6-8(3)21-9-5-16(4,20)22-14-11(9)10(6)7(2)13(17)12(14)15(18)19/h6,8-9,17,20H,5H2,1-4H3,(H,18,19)/t6-,8-,9+,16+/m1/s1. The number of ether oxygens (including phenoxy) is 2. The molecular formula is C16H20O6. The van der Waals surface area contributed by atoms with E-state index in [1.54, 1.807) is 6.92 Å². The van der Waals surface area contributed by atoms with Crippen LogP contribution in [0.2, 0.25) is 0 Å². The van der Waals surface area contributed by atoms with Gasteiger partial charge in [-0.25, -0.2) is 4.79 Å². The number of carboxylic acid groups (broad SMARTS) is 1. The number of hydrogen-bond donors (Lipinski definition) is 3. The monoisotopic (exact) mass is 308 g/mol. The molecule has 0 amide bonds. The van der Waals surface area contributed by atoms with Gasteiger partial charge in [-0.05, 0) is 25.0 Å². The molecule has 0 spiro atoms. The van der Waals surface area contributed by atoms with Crippen molar-refractivity contribution in [2.75, 3.05) is 0 Å². The van der Waals surface area contributed by atoms with Gasteiger partial charge in [0.05, 0.1) is 12.2 Å². The van der Waals surface area contributed by atoms with Crippen molar-refractivity contribution in [1.29, 1.82) is 0 Å². The molecule has 4 atom stereocenters. The fourth-order valence-corrected chi connectivity index (χ4v) is 3.53. The van der Waals surface area contributed by atoms with Crippen molar-refractivity contribution >= 4 is 5.97 Å². The van der Waals surface area contributed by atoms with Gasteiger partial charge in [-0.2, -0.15) is 0 Å². The van der Waals surface area contributed by atoms with Gasteiger partial charge in [-0.3, -0.25) is 0 Å². The third-order valence-corrected chi connectivity index (χ3v) is 4.72. The van der Waals surface area contributed by atoms with E-state index in [4.69, 9.17) is 9.47 Å². The van der Waals surface area contributed by atoms with Gasteiger partial charge >= 0.3 is 5.97 Å². The second kappa shape index (κ2) is 4.60. The maximum absolute atomic E-state index is 11.6. The predicted molar refractivity (Wildman–Crippen MR) is 77.4 cm³/mol. The van der Waals surface area contributed by atoms with Crippen LogP contribution in [-0.2, 0) is 4.74 Å². The Balaban J connectivity index is 2.38. The summed E-state index contributed by atoms with van der Waals surface area (Å²) in [6, 6.07) is 0. The van der Waals surface area contributed by atoms with E-state index in [1.807, 2.05) is 13.8 Å². The number of carboxylic acids is 1. The third-order valence-electron chi connectivity index (χ3n) is 4.72. The second-order valence-electron chi connectivity index (χ2n) is 6.41. The number of hydrogen-bond acceptors (Lipinski definition) is 5. The molecule has 0 unspecified atom stereocenters. The Morgan fingerprint density at radius 1 is 1.32 bits per heavy atom. The van der Waals surface area contributed by atoms with E-state index in [0.29, 0.717) is 11.1 Å². The summed E-state index contributed by atoms with van der Waals surface area (Å²) in [5, 5.41) is 30.1. The van der Waals surface area contributed by atoms with Crippen LogP contribution in [0.3, 0.4) is 0 Å². The van der Waals surface area contributed by atoms with Gasteiger partial charge in [0.15, 0.2) is 0 Å². The summed E-state index contributed by atoms with van der Waals surface area (Å²) < 4.78 is 11.5. The number of aromatic carboxylic acids is 1. The Bertz CT molecular complexity index is 663. The largest absolute Gasteiger partial charge is 0.507 e. The zero-order chi connectivity index (χ0) is 16.4. The zero-order valence-corrected chi connectivity index (χ0v) is 13.0. The van der Waals surface area contributed by atoms with Gasteiger partial charge in [-0.15, -0.1) is 0 Å². The first-order chi connectivity index (χ1) is 10.1. The van der Waals surface area contributed by atoms with E-state index in [0.717, 1.165) is 5.56 Å². The van der Waals surface area contributed by atoms with Crippen LogP contribution in [0, 0.1) is 6.92 Å². The molecule has 2 heterocycles. The quantitative estimate of drug-likeness (QED) is 0.737. The Kier molecular flexibility index (Phi) is 3.16. The number of aromatic hydroxyl groups is 1. The van der Waals surface area contributed by atoms with Crippen LogP contribution in [0.4, 0.5) is 0 Å². The molecule has 120 valence electrons. The molecule has 6 heteroatoms. The van der Waals surface area contributed by atoms with Gasteiger partial charge in [-0.1, -0.05) is 6.92 Å². The topological polar surface area (TPSA) is 96.2 Å². The van der Waals surface area contributed by atoms with Crippen LogP contribution in [0.25, 0.3) is 0 Å². The summed E-state index contributed by atoms with van der Waals surface area (Å²) in [6.45, 7) is 7.06. The van der Waals surface area contributed by atoms with E-state index >= 15 is 0 Å². The van der Waals surface area contributed by atoms with Gasteiger partial charge in [0.1, 0.15) is 17.1 Å². The van der Waals surface area contributed by atoms with Crippen molar-refractivity contribution in [3.05, 3.63) is 22.3 Å². The van der Waals surface area contributed by atoms with Crippen molar-refractivity contribution in [2.45, 2.75) is 58.0 Å². The summed E-state index contributed by atoms with van der Waals surface area (Å²) in [5.41, 5.74) is 1.72. The summed E-state index contributed by atoms with van der Waals surface area (Å²) in [5.74, 6) is -3.13. The molecule has 0 saturated heterocycles. The first-order valence-corrected chi connectivity index (χ1v) is 7.33. The molecule has 1 aromatic rings. The Morgan fingerprint density at radius 2 is 1.95 bits per heavy atom. The lowest BCUT2D eigenvalue weighted by atomic mass is 9.78. The minimum atomic E-state index is -1.54. The molecular weight excluding hydrogens is 288 g/mol. The first-order valence-electron chi connectivity index (χ1n) is 7.33. The fourth-order valence-electron chi connectivity index (χ4n) is 3.53. The fraction of sp³-hybridized carbons (Fsp3) is 0.562. The van der Waals surface area contributed by atoms with E-state index < -0.39 is 17.9 Å². The van der Waals surface area contributed by atoms with Crippen molar-refractivity contribution in [1.82, 2.24) is 0 Å². The predicted octanol–water partition coefficient (Wildman–Crippen LogP) is 2.45. The maximum Gasteiger partial charge on any atom is 0.343 e. The maximum atomic E-state index is 11.6. The van der Waals surface area contributed by atoms with Crippen molar-refractivity contribution in [3.8, 4) is 11.5 Å². The highest BCUT2D eigenvalue weighted by Crippen LogP contribution is 2.54. The third kappa shape index (κ3) is 1.98. The Labute approximate surface area is 128 Å². The molecule has 1 aromatic carbocycles. The van der Waals surface area contributed by atoms with Crippen LogP contribution >= 0.6 is 0 Å². The molecule has 0 bridgehead atoms. The van der Waals surface area contributed by atoms with E-state index in [2.05, 4.69) is 0 Å². The molecule has 0 radical (unpaired) electrons. The van der Waals surface area contributed by atoms with Gasteiger partial charge in [0.25, 0.3) is 0 Å². The van der Waals surface area contributed by atoms with Crippen molar-refractivity contribution in [2.24, 2.45) is 0 Å². The van der Waals surface area contributed by atoms with Crippen LogP contribution < -0.4 is 4.74 Å². The number of benzene rings is 1. The minimum absolute atomic E-state index is 0.00889. The lowest BCUT2D eigenvalue weighted by Gasteiger charge is -2.44. The number of carbonyl (C=O) groups is 1. The molecule has 2 aliphatic rings. The molecule has 3 N–H and O–H groups in total. The van der Waals surface area contributed by atoms with Crippen LogP contribution in [-0.4, -0.2) is 33.2 Å². The molecule has 6 nitrogen and oxygen atoms in total. The summed E-state index contributed by atoms with van der Waals surface area (Å²) in [7, 11) is 0. The highest BCUT2D eigenvalue weighted by atomic mass is 16.6. The zero-order valence-electron chi connectivity index (χ0n) is 13.0. The van der Waals surface area contributed by atoms with Crippen molar-refractivity contribution in [3.63, 3.8) is 0 Å². The van der Waals surface area contributed by atoms with Gasteiger partial charge in [0, 0.05) is 24.8 Å². The van der Waals surface area contributed by atoms with E-state index in [1.165, 1.54) is 6.92 Å². The highest BCUT2D eigenvalue weighted by Gasteiger charge is 2.46. The smallest absolute Gasteiger partial charge is 0.343 e. The average Bonchev–Trinajstić information content (AvgIpc) is 2.37. The highest BCUT2D eigenvalue weighted by molar-refractivity contribution is 5.96. The van der Waals surface area contributed by atoms with Gasteiger partial charge in [0.2, 0.25) is 5.79 Å². The normalized spacial score (nSPS) is 33.0. The first kappa shape index (κ1) is 15.1. The summed E-state index contributed by atoms with van der Waals surface area (Å²) in [4.78, 5) is 11.6. The molecule has 0 fully saturated rings. The summed E-state index contributed by atoms with van der Waals surface area (Å²) in [6.07, 6.45) is -0.335. The number of aliphatic hydroxyl groups is 1. The molecule has 2 aliphatic heterocycles. The van der Waals surface area contributed by atoms with Crippen LogP contribution in [0.1, 0.15) is 66.3 Å². The molecule has 22 heavy (non-hydrogen) atoms. The minimum Gasteiger partial charge on any atom is -0.507 e. The molecule has 0 aromatic heterocycles. The molecule has 0 saturated carbocycles. The molecule has 0 aliphatic carbocycles. The average molecular weight is 308 g/mol. The second-order valence-corrected chi connectivity index (χ2v) is 6.41. The Hall–Kier alpha value is -1.79. The molecule has 3 rings (SSSR count). The van der Waals surface area contributed by atoms with Crippen LogP contribution in [0.5, 0.6) is 11.5 Å². The number of rotatable bonds is 1. The van der Waals surface area contributed by atoms with E-state index in [-0.39, 0.29) is 35.5 Å². The van der Waals surface area contributed by atoms with Gasteiger partial charge < -0.3 is 24.8 Å². The lowest BCUT2D eigenvalue weighted by Crippen LogP contribution is -2.43. The lowest BCUT2D eigenvalue weighted by molar-refractivity contribution is -0.179. The SMILES string of the molecule is Cc1c(O)c(C(=O)O)c2c3c1[C@H](C)[C@@H](C)O[C@H]3C[C@@](C)(O)O2. The summed E-state index contributed by atoms with van der Waals surface area (Å²) >= 11 is 0. The van der Waals surface area contributed by atoms with Crippen molar-refractivity contribution < 1.29 is 29.6 Å². The van der Waals surface area contributed by atoms with Crippen LogP contribution in [0.15, 0.2) is 0 Å².